The van der Waals surface area contributed by atoms with E-state index in [4.69, 9.17) is 12.2 Å². The van der Waals surface area contributed by atoms with Crippen LogP contribution in [0, 0.1) is 0 Å². The third kappa shape index (κ3) is 3.30. The number of pyridine rings is 1. The van der Waals surface area contributed by atoms with Gasteiger partial charge in [-0.3, -0.25) is 4.98 Å². The number of hydrogen-bond acceptors (Lipinski definition) is 3. The quantitative estimate of drug-likeness (QED) is 0.815. The van der Waals surface area contributed by atoms with E-state index >= 15 is 0 Å². The molecule has 6 heteroatoms. The number of nitrogens with one attached hydrogen (secondary N) is 1. The minimum absolute atomic E-state index is 0.0704. The summed E-state index contributed by atoms with van der Waals surface area (Å²) in [5, 5.41) is 4.30. The Morgan fingerprint density at radius 3 is 2.75 bits per heavy atom. The lowest BCUT2D eigenvalue weighted by Crippen LogP contribution is -2.36. The van der Waals surface area contributed by atoms with E-state index in [1.54, 1.807) is 0 Å². The highest BCUT2D eigenvalue weighted by atomic mass is 32.1. The van der Waals surface area contributed by atoms with Gasteiger partial charge in [-0.25, -0.2) is 0 Å². The van der Waals surface area contributed by atoms with Gasteiger partial charge in [0.05, 0.1) is 17.8 Å². The van der Waals surface area contributed by atoms with Gasteiger partial charge in [-0.2, -0.15) is 0 Å². The Labute approximate surface area is 149 Å². The van der Waals surface area contributed by atoms with Gasteiger partial charge < -0.3 is 19.7 Å². The minimum Gasteiger partial charge on any atom is -0.352 e. The van der Waals surface area contributed by atoms with E-state index in [9.17, 15) is 0 Å². The summed E-state index contributed by atoms with van der Waals surface area (Å²) in [6.07, 6.45) is 3.98. The van der Waals surface area contributed by atoms with Gasteiger partial charge in [0, 0.05) is 37.7 Å². The Balaban J connectivity index is 1.98. The lowest BCUT2D eigenvalue weighted by Gasteiger charge is -2.29. The van der Waals surface area contributed by atoms with Crippen molar-refractivity contribution in [3.8, 4) is 0 Å². The van der Waals surface area contributed by atoms with Crippen molar-refractivity contribution < 1.29 is 0 Å². The number of aryl methyl sites for hydroxylation is 1. The molecule has 24 heavy (non-hydrogen) atoms. The second-order valence-corrected chi connectivity index (χ2v) is 6.73. The maximum absolute atomic E-state index is 5.66. The van der Waals surface area contributed by atoms with Crippen LogP contribution in [0.4, 0.5) is 0 Å². The lowest BCUT2D eigenvalue weighted by atomic mass is 10.0. The highest BCUT2D eigenvalue weighted by Gasteiger charge is 2.40. The number of aromatic nitrogens is 2. The molecule has 0 spiro atoms. The number of nitrogens with zero attached hydrogens (tertiary/aromatic N) is 4. The third-order valence-electron chi connectivity index (χ3n) is 4.49. The molecule has 1 N–H and O–H groups in total. The Kier molecular flexibility index (Phi) is 5.16. The largest absolute Gasteiger partial charge is 0.352 e. The van der Waals surface area contributed by atoms with Crippen LogP contribution in [0.1, 0.15) is 30.4 Å². The van der Waals surface area contributed by atoms with Crippen LogP contribution < -0.4 is 5.32 Å². The molecule has 1 aliphatic rings. The molecule has 0 aromatic carbocycles. The predicted octanol–water partition coefficient (Wildman–Crippen LogP) is 2.44. The molecule has 0 aliphatic carbocycles. The van der Waals surface area contributed by atoms with Crippen LogP contribution in [0.3, 0.4) is 0 Å². The standard InChI is InChI=1S/C18H25N5S/c1-4-22-11-7-9-15(22)17-16(14-8-5-6-10-19-14)20-18(24)23(17)13-12-21(2)3/h5-11,16-17H,4,12-13H2,1-3H3,(H,20,24)/t16-,17-/m0/s1. The van der Waals surface area contributed by atoms with Gasteiger partial charge >= 0.3 is 0 Å². The van der Waals surface area contributed by atoms with Gasteiger partial charge in [0.2, 0.25) is 0 Å². The second kappa shape index (κ2) is 7.32. The van der Waals surface area contributed by atoms with Crippen molar-refractivity contribution in [2.45, 2.75) is 25.6 Å². The van der Waals surface area contributed by atoms with E-state index < -0.39 is 0 Å². The van der Waals surface area contributed by atoms with Crippen LogP contribution in [0.5, 0.6) is 0 Å². The van der Waals surface area contributed by atoms with Gasteiger partial charge in [0.1, 0.15) is 0 Å². The van der Waals surface area contributed by atoms with Crippen molar-refractivity contribution in [1.29, 1.82) is 0 Å². The molecule has 1 saturated heterocycles. The van der Waals surface area contributed by atoms with Crippen molar-refractivity contribution in [3.63, 3.8) is 0 Å². The number of rotatable bonds is 6. The zero-order chi connectivity index (χ0) is 17.1. The molecule has 0 amide bonds. The number of thiocarbonyl (C=S) groups is 1. The molecule has 3 rings (SSSR count). The first-order chi connectivity index (χ1) is 11.6. The number of likely N-dealkylation sites (N-methyl/N-ethyl adjacent to an activating group) is 1. The first kappa shape index (κ1) is 16.9. The van der Waals surface area contributed by atoms with Crippen LogP contribution in [-0.2, 0) is 6.54 Å². The van der Waals surface area contributed by atoms with E-state index in [0.29, 0.717) is 0 Å². The van der Waals surface area contributed by atoms with Crippen LogP contribution in [-0.4, -0.2) is 51.6 Å². The summed E-state index contributed by atoms with van der Waals surface area (Å²) >= 11 is 5.66. The van der Waals surface area contributed by atoms with Crippen LogP contribution in [0.15, 0.2) is 42.7 Å². The highest BCUT2D eigenvalue weighted by Crippen LogP contribution is 2.38. The Bertz CT molecular complexity index is 682. The summed E-state index contributed by atoms with van der Waals surface area (Å²) in [7, 11) is 4.18. The molecule has 0 saturated carbocycles. The van der Waals surface area contributed by atoms with E-state index in [1.165, 1.54) is 5.69 Å². The zero-order valence-corrected chi connectivity index (χ0v) is 15.3. The molecule has 2 atom stereocenters. The summed E-state index contributed by atoms with van der Waals surface area (Å²) in [6, 6.07) is 10.6. The Morgan fingerprint density at radius 1 is 1.25 bits per heavy atom. The molecular formula is C18H25N5S. The lowest BCUT2D eigenvalue weighted by molar-refractivity contribution is 0.269. The summed E-state index contributed by atoms with van der Waals surface area (Å²) in [5.74, 6) is 0. The van der Waals surface area contributed by atoms with Gasteiger partial charge in [0.15, 0.2) is 5.11 Å². The molecule has 128 valence electrons. The first-order valence-electron chi connectivity index (χ1n) is 8.39. The van der Waals surface area contributed by atoms with Crippen LogP contribution >= 0.6 is 12.2 Å². The summed E-state index contributed by atoms with van der Waals surface area (Å²) in [5.41, 5.74) is 2.31. The van der Waals surface area contributed by atoms with E-state index in [2.05, 4.69) is 70.1 Å². The van der Waals surface area contributed by atoms with Crippen molar-refractivity contribution in [1.82, 2.24) is 24.7 Å². The maximum Gasteiger partial charge on any atom is 0.170 e. The Morgan fingerprint density at radius 2 is 2.08 bits per heavy atom. The zero-order valence-electron chi connectivity index (χ0n) is 14.5. The molecule has 1 fully saturated rings. The molecule has 5 nitrogen and oxygen atoms in total. The van der Waals surface area contributed by atoms with E-state index in [0.717, 1.165) is 30.4 Å². The molecule has 1 aliphatic heterocycles. The second-order valence-electron chi connectivity index (χ2n) is 6.34. The molecule has 0 radical (unpaired) electrons. The van der Waals surface area contributed by atoms with Crippen molar-refractivity contribution in [3.05, 3.63) is 54.1 Å². The van der Waals surface area contributed by atoms with Gasteiger partial charge in [-0.15, -0.1) is 0 Å². The van der Waals surface area contributed by atoms with Crippen LogP contribution in [0.25, 0.3) is 0 Å². The predicted molar refractivity (Wildman–Crippen MR) is 101 cm³/mol. The fourth-order valence-corrected chi connectivity index (χ4v) is 3.59. The average Bonchev–Trinajstić information content (AvgIpc) is 3.17. The summed E-state index contributed by atoms with van der Waals surface area (Å²) in [6.45, 7) is 4.97. The van der Waals surface area contributed by atoms with E-state index in [1.807, 2.05) is 18.3 Å². The van der Waals surface area contributed by atoms with Crippen molar-refractivity contribution in [2.24, 2.45) is 0 Å². The molecule has 0 bridgehead atoms. The SMILES string of the molecule is CCn1cccc1[C@H]1[C@H](c2ccccn2)NC(=S)N1CCN(C)C. The topological polar surface area (TPSA) is 36.3 Å². The van der Waals surface area contributed by atoms with Gasteiger partial charge in [-0.05, 0) is 57.5 Å². The van der Waals surface area contributed by atoms with Gasteiger partial charge in [0.25, 0.3) is 0 Å². The average molecular weight is 344 g/mol. The normalized spacial score (nSPS) is 20.7. The summed E-state index contributed by atoms with van der Waals surface area (Å²) < 4.78 is 2.29. The fraction of sp³-hybridized carbons (Fsp3) is 0.444. The smallest absolute Gasteiger partial charge is 0.170 e. The van der Waals surface area contributed by atoms with Crippen molar-refractivity contribution in [2.75, 3.05) is 27.2 Å². The molecule has 2 aromatic heterocycles. The third-order valence-corrected chi connectivity index (χ3v) is 4.85. The Hall–Kier alpha value is -1.92. The summed E-state index contributed by atoms with van der Waals surface area (Å²) in [4.78, 5) is 9.06. The molecular weight excluding hydrogens is 318 g/mol. The van der Waals surface area contributed by atoms with E-state index in [-0.39, 0.29) is 12.1 Å². The number of hydrogen-bond donors (Lipinski definition) is 1. The highest BCUT2D eigenvalue weighted by molar-refractivity contribution is 7.80. The maximum atomic E-state index is 5.66. The fourth-order valence-electron chi connectivity index (χ4n) is 3.26. The minimum atomic E-state index is 0.0704. The van der Waals surface area contributed by atoms with Crippen LogP contribution in [0.2, 0.25) is 0 Å². The molecule has 3 heterocycles. The monoisotopic (exact) mass is 343 g/mol. The molecule has 0 unspecified atom stereocenters. The molecule has 2 aromatic rings. The van der Waals surface area contributed by atoms with Gasteiger partial charge in [-0.1, -0.05) is 6.07 Å². The van der Waals surface area contributed by atoms with Crippen molar-refractivity contribution >= 4 is 17.3 Å². The first-order valence-corrected chi connectivity index (χ1v) is 8.80.